The number of hydrogen-bond acceptors (Lipinski definition) is 6. The molecule has 128 valence electrons. The lowest BCUT2D eigenvalue weighted by atomic mass is 10.3. The Labute approximate surface area is 151 Å². The number of aromatic nitrogens is 4. The molecule has 0 N–H and O–H groups in total. The van der Waals surface area contributed by atoms with Crippen LogP contribution in [0.25, 0.3) is 11.0 Å². The zero-order chi connectivity index (χ0) is 17.9. The first-order chi connectivity index (χ1) is 12.7. The minimum Gasteiger partial charge on any atom is -0.328 e. The lowest BCUT2D eigenvalue weighted by molar-refractivity contribution is 1.04. The lowest BCUT2D eigenvalue weighted by Crippen LogP contribution is -2.15. The molecule has 0 aliphatic heterocycles. The van der Waals surface area contributed by atoms with Crippen molar-refractivity contribution < 1.29 is 0 Å². The highest BCUT2D eigenvalue weighted by molar-refractivity contribution is 5.88. The molecule has 0 aliphatic carbocycles. The van der Waals surface area contributed by atoms with E-state index in [1.54, 1.807) is 12.5 Å². The number of fused-ring (bicyclic) bond motifs is 1. The predicted octanol–water partition coefficient (Wildman–Crippen LogP) is 3.96. The van der Waals surface area contributed by atoms with Crippen LogP contribution in [0.1, 0.15) is 0 Å². The minimum absolute atomic E-state index is 0.598. The number of hydrogen-bond donors (Lipinski definition) is 0. The van der Waals surface area contributed by atoms with Crippen molar-refractivity contribution in [2.24, 2.45) is 0 Å². The molecule has 0 fully saturated rings. The Morgan fingerprint density at radius 1 is 0.692 bits per heavy atom. The Bertz CT molecular complexity index is 1020. The van der Waals surface area contributed by atoms with Gasteiger partial charge in [-0.1, -0.05) is 36.4 Å². The van der Waals surface area contributed by atoms with Gasteiger partial charge in [-0.2, -0.15) is 0 Å². The Hall–Kier alpha value is -3.54. The van der Waals surface area contributed by atoms with E-state index in [1.807, 2.05) is 84.6 Å². The normalized spacial score (nSPS) is 10.7. The van der Waals surface area contributed by atoms with Crippen LogP contribution in [0.3, 0.4) is 0 Å². The maximum absolute atomic E-state index is 4.75. The molecule has 6 nitrogen and oxygen atoms in total. The molecule has 0 aliphatic rings. The van der Waals surface area contributed by atoms with Crippen LogP contribution in [0.2, 0.25) is 0 Å². The molecule has 4 rings (SSSR count). The Balaban J connectivity index is 1.80. The summed E-state index contributed by atoms with van der Waals surface area (Å²) < 4.78 is 0. The van der Waals surface area contributed by atoms with E-state index in [0.717, 1.165) is 17.2 Å². The van der Waals surface area contributed by atoms with Gasteiger partial charge in [-0.3, -0.25) is 0 Å². The van der Waals surface area contributed by atoms with Crippen molar-refractivity contribution >= 4 is 34.2 Å². The van der Waals surface area contributed by atoms with Crippen LogP contribution in [0, 0.1) is 0 Å². The van der Waals surface area contributed by atoms with E-state index in [1.165, 1.54) is 0 Å². The van der Waals surface area contributed by atoms with E-state index in [-0.39, 0.29) is 0 Å². The molecule has 0 unspecified atom stereocenters. The number of anilines is 4. The first-order valence-corrected chi connectivity index (χ1v) is 8.29. The van der Waals surface area contributed by atoms with Crippen molar-refractivity contribution in [3.63, 3.8) is 0 Å². The molecule has 6 heteroatoms. The highest BCUT2D eigenvalue weighted by Gasteiger charge is 2.15. The second-order valence-electron chi connectivity index (χ2n) is 5.89. The Kier molecular flexibility index (Phi) is 4.15. The standard InChI is InChI=1S/C20H18N6/c1-25(15-9-5-3-6-10-15)19-18-17(22-14-23-19)13-21-20(24-18)26(2)16-11-7-4-8-12-16/h3-14H,1-2H3. The Morgan fingerprint density at radius 3 is 1.96 bits per heavy atom. The summed E-state index contributed by atoms with van der Waals surface area (Å²) in [5.41, 5.74) is 3.47. The van der Waals surface area contributed by atoms with Crippen LogP contribution >= 0.6 is 0 Å². The smallest absolute Gasteiger partial charge is 0.230 e. The van der Waals surface area contributed by atoms with Crippen molar-refractivity contribution in [2.45, 2.75) is 0 Å². The molecule has 0 atom stereocenters. The quantitative estimate of drug-likeness (QED) is 0.559. The minimum atomic E-state index is 0.598. The summed E-state index contributed by atoms with van der Waals surface area (Å²) in [7, 11) is 3.92. The van der Waals surface area contributed by atoms with Crippen molar-refractivity contribution in [2.75, 3.05) is 23.9 Å². The van der Waals surface area contributed by atoms with Gasteiger partial charge in [0.05, 0.1) is 6.20 Å². The fourth-order valence-corrected chi connectivity index (χ4v) is 2.78. The molecule has 0 saturated carbocycles. The molecule has 0 saturated heterocycles. The average Bonchev–Trinajstić information content (AvgIpc) is 2.73. The maximum Gasteiger partial charge on any atom is 0.230 e. The van der Waals surface area contributed by atoms with Crippen LogP contribution in [0.4, 0.5) is 23.1 Å². The largest absolute Gasteiger partial charge is 0.328 e. The van der Waals surface area contributed by atoms with Gasteiger partial charge in [0.15, 0.2) is 5.82 Å². The summed E-state index contributed by atoms with van der Waals surface area (Å²) in [5.74, 6) is 1.34. The SMILES string of the molecule is CN(c1ccccc1)c1ncc2ncnc(N(C)c3ccccc3)c2n1. The van der Waals surface area contributed by atoms with Gasteiger partial charge in [0.1, 0.15) is 17.4 Å². The van der Waals surface area contributed by atoms with Gasteiger partial charge in [0.2, 0.25) is 5.95 Å². The van der Waals surface area contributed by atoms with E-state index in [2.05, 4.69) is 15.0 Å². The lowest BCUT2D eigenvalue weighted by Gasteiger charge is -2.21. The summed E-state index contributed by atoms with van der Waals surface area (Å²) >= 11 is 0. The zero-order valence-electron chi connectivity index (χ0n) is 14.6. The van der Waals surface area contributed by atoms with Crippen molar-refractivity contribution in [1.29, 1.82) is 0 Å². The fraction of sp³-hybridized carbons (Fsp3) is 0.100. The second kappa shape index (κ2) is 6.76. The number of benzene rings is 2. The topological polar surface area (TPSA) is 58.0 Å². The zero-order valence-corrected chi connectivity index (χ0v) is 14.6. The number of nitrogens with zero attached hydrogens (tertiary/aromatic N) is 6. The molecule has 0 radical (unpaired) electrons. The maximum atomic E-state index is 4.75. The highest BCUT2D eigenvalue weighted by Crippen LogP contribution is 2.28. The average molecular weight is 342 g/mol. The summed E-state index contributed by atoms with van der Waals surface area (Å²) in [5, 5.41) is 0. The van der Waals surface area contributed by atoms with Crippen LogP contribution in [0.15, 0.2) is 73.2 Å². The third kappa shape index (κ3) is 2.93. The summed E-state index contributed by atoms with van der Waals surface area (Å²) in [6.45, 7) is 0. The van der Waals surface area contributed by atoms with Crippen LogP contribution in [-0.2, 0) is 0 Å². The van der Waals surface area contributed by atoms with Crippen LogP contribution in [0.5, 0.6) is 0 Å². The van der Waals surface area contributed by atoms with Gasteiger partial charge < -0.3 is 9.80 Å². The first kappa shape index (κ1) is 16.0. The monoisotopic (exact) mass is 342 g/mol. The van der Waals surface area contributed by atoms with Crippen molar-refractivity contribution in [3.8, 4) is 0 Å². The van der Waals surface area contributed by atoms with Crippen molar-refractivity contribution in [3.05, 3.63) is 73.2 Å². The molecule has 2 heterocycles. The van der Waals surface area contributed by atoms with Gasteiger partial charge in [-0.25, -0.2) is 19.9 Å². The molecule has 0 amide bonds. The molecule has 4 aromatic rings. The fourth-order valence-electron chi connectivity index (χ4n) is 2.78. The molecule has 2 aromatic carbocycles. The summed E-state index contributed by atoms with van der Waals surface area (Å²) in [4.78, 5) is 21.9. The van der Waals surface area contributed by atoms with Crippen molar-refractivity contribution in [1.82, 2.24) is 19.9 Å². The van der Waals surface area contributed by atoms with E-state index in [0.29, 0.717) is 17.0 Å². The number of para-hydroxylation sites is 2. The molecule has 2 aromatic heterocycles. The second-order valence-corrected chi connectivity index (χ2v) is 5.89. The third-order valence-electron chi connectivity index (χ3n) is 4.25. The Morgan fingerprint density at radius 2 is 1.31 bits per heavy atom. The first-order valence-electron chi connectivity index (χ1n) is 8.29. The van der Waals surface area contributed by atoms with E-state index < -0.39 is 0 Å². The molecule has 26 heavy (non-hydrogen) atoms. The van der Waals surface area contributed by atoms with Gasteiger partial charge in [-0.05, 0) is 24.3 Å². The van der Waals surface area contributed by atoms with E-state index in [4.69, 9.17) is 4.98 Å². The van der Waals surface area contributed by atoms with Gasteiger partial charge in [0.25, 0.3) is 0 Å². The van der Waals surface area contributed by atoms with Gasteiger partial charge in [-0.15, -0.1) is 0 Å². The van der Waals surface area contributed by atoms with Gasteiger partial charge in [0, 0.05) is 25.5 Å². The number of rotatable bonds is 4. The van der Waals surface area contributed by atoms with Gasteiger partial charge >= 0.3 is 0 Å². The van der Waals surface area contributed by atoms with E-state index in [9.17, 15) is 0 Å². The van der Waals surface area contributed by atoms with Crippen LogP contribution in [-0.4, -0.2) is 34.0 Å². The van der Waals surface area contributed by atoms with Crippen LogP contribution < -0.4 is 9.80 Å². The molecule has 0 bridgehead atoms. The third-order valence-corrected chi connectivity index (χ3v) is 4.25. The molecule has 0 spiro atoms. The summed E-state index contributed by atoms with van der Waals surface area (Å²) in [6.07, 6.45) is 3.28. The predicted molar refractivity (Wildman–Crippen MR) is 104 cm³/mol. The highest BCUT2D eigenvalue weighted by atomic mass is 15.3. The molecular weight excluding hydrogens is 324 g/mol. The summed E-state index contributed by atoms with van der Waals surface area (Å²) in [6, 6.07) is 20.1. The molecular formula is C20H18N6. The van der Waals surface area contributed by atoms with E-state index >= 15 is 0 Å².